The number of hydrogen-bond acceptors (Lipinski definition) is 3. The lowest BCUT2D eigenvalue weighted by Crippen LogP contribution is -2.12. The zero-order chi connectivity index (χ0) is 14.3. The highest BCUT2D eigenvalue weighted by molar-refractivity contribution is 9.10. The summed E-state index contributed by atoms with van der Waals surface area (Å²) in [6.45, 7) is 0. The molecule has 0 spiro atoms. The zero-order valence-corrected chi connectivity index (χ0v) is 13.1. The summed E-state index contributed by atoms with van der Waals surface area (Å²) in [6.07, 6.45) is 0. The lowest BCUT2D eigenvalue weighted by molar-refractivity contribution is -0.112. The Labute approximate surface area is 132 Å². The second-order valence-electron chi connectivity index (χ2n) is 4.17. The van der Waals surface area contributed by atoms with Gasteiger partial charge in [-0.3, -0.25) is 9.59 Å². The Bertz CT molecular complexity index is 748. The van der Waals surface area contributed by atoms with E-state index in [4.69, 9.17) is 11.6 Å². The molecule has 2 aromatic carbocycles. The molecule has 0 radical (unpaired) electrons. The first-order valence-electron chi connectivity index (χ1n) is 5.67. The summed E-state index contributed by atoms with van der Waals surface area (Å²) in [5, 5.41) is 3.00. The first kappa shape index (κ1) is 13.7. The average molecular weight is 369 g/mol. The van der Waals surface area contributed by atoms with Crippen LogP contribution in [0.5, 0.6) is 0 Å². The third-order valence-electron chi connectivity index (χ3n) is 2.79. The van der Waals surface area contributed by atoms with Crippen LogP contribution < -0.4 is 5.32 Å². The molecule has 20 heavy (non-hydrogen) atoms. The number of hydrogen-bond donors (Lipinski definition) is 1. The van der Waals surface area contributed by atoms with Gasteiger partial charge in [0.15, 0.2) is 0 Å². The monoisotopic (exact) mass is 367 g/mol. The first-order valence-corrected chi connectivity index (χ1v) is 7.66. The molecule has 1 amide bonds. The second kappa shape index (κ2) is 5.24. The summed E-state index contributed by atoms with van der Waals surface area (Å²) in [5.74, 6) is -1.15. The molecule has 0 unspecified atom stereocenters. The van der Waals surface area contributed by atoms with Crippen molar-refractivity contribution < 1.29 is 9.59 Å². The molecular formula is C14H7BrClNO2S. The highest BCUT2D eigenvalue weighted by atomic mass is 79.9. The largest absolute Gasteiger partial charge is 0.318 e. The summed E-state index contributed by atoms with van der Waals surface area (Å²) in [4.78, 5) is 24.7. The van der Waals surface area contributed by atoms with Gasteiger partial charge in [-0.15, -0.1) is 0 Å². The van der Waals surface area contributed by atoms with Gasteiger partial charge < -0.3 is 5.32 Å². The van der Waals surface area contributed by atoms with Gasteiger partial charge in [0.25, 0.3) is 11.7 Å². The molecule has 3 rings (SSSR count). The predicted octanol–water partition coefficient (Wildman–Crippen LogP) is 4.39. The van der Waals surface area contributed by atoms with E-state index < -0.39 is 11.7 Å². The lowest BCUT2D eigenvalue weighted by Gasteiger charge is -2.07. The Hall–Kier alpha value is -1.30. The van der Waals surface area contributed by atoms with Crippen molar-refractivity contribution in [1.29, 1.82) is 0 Å². The Balaban J connectivity index is 1.98. The number of carbonyl (C=O) groups is 2. The zero-order valence-electron chi connectivity index (χ0n) is 9.94. The topological polar surface area (TPSA) is 46.2 Å². The third-order valence-corrected chi connectivity index (χ3v) is 4.76. The van der Waals surface area contributed by atoms with Crippen molar-refractivity contribution in [1.82, 2.24) is 0 Å². The van der Waals surface area contributed by atoms with E-state index in [2.05, 4.69) is 21.2 Å². The van der Waals surface area contributed by atoms with Crippen LogP contribution >= 0.6 is 39.3 Å². The quantitative estimate of drug-likeness (QED) is 0.800. The minimum atomic E-state index is -0.610. The molecule has 0 atom stereocenters. The molecule has 0 saturated heterocycles. The molecular weight excluding hydrogens is 362 g/mol. The minimum Gasteiger partial charge on any atom is -0.318 e. The van der Waals surface area contributed by atoms with Gasteiger partial charge in [-0.25, -0.2) is 0 Å². The van der Waals surface area contributed by atoms with Crippen LogP contribution in [-0.4, -0.2) is 11.7 Å². The number of amides is 1. The van der Waals surface area contributed by atoms with Gasteiger partial charge >= 0.3 is 0 Å². The van der Waals surface area contributed by atoms with Crippen molar-refractivity contribution in [3.8, 4) is 0 Å². The number of fused-ring (bicyclic) bond motifs is 1. The van der Waals surface area contributed by atoms with E-state index in [1.165, 1.54) is 17.8 Å². The van der Waals surface area contributed by atoms with Gasteiger partial charge in [-0.1, -0.05) is 45.4 Å². The Morgan fingerprint density at radius 1 is 1.15 bits per heavy atom. The molecule has 0 aliphatic carbocycles. The summed E-state index contributed by atoms with van der Waals surface area (Å²) in [6, 6.07) is 11.1. The number of anilines is 1. The number of carbonyl (C=O) groups excluding carboxylic acids is 2. The molecule has 1 aliphatic rings. The minimum absolute atomic E-state index is 0.332. The number of rotatable bonds is 2. The van der Waals surface area contributed by atoms with Gasteiger partial charge in [0, 0.05) is 14.3 Å². The van der Waals surface area contributed by atoms with Crippen LogP contribution in [0, 0.1) is 0 Å². The Morgan fingerprint density at radius 2 is 1.95 bits per heavy atom. The Morgan fingerprint density at radius 3 is 2.70 bits per heavy atom. The van der Waals surface area contributed by atoms with Gasteiger partial charge in [0.1, 0.15) is 0 Å². The lowest BCUT2D eigenvalue weighted by atomic mass is 10.1. The standard InChI is InChI=1S/C14H7BrClNO2S/c15-7-2-1-3-8(4-7)20-12-6-11-9(5-10(12)16)13(18)14(19)17-11/h1-6H,(H,17,18,19). The average Bonchev–Trinajstić information content (AvgIpc) is 2.66. The van der Waals surface area contributed by atoms with Crippen LogP contribution in [0.25, 0.3) is 0 Å². The molecule has 0 saturated carbocycles. The van der Waals surface area contributed by atoms with Gasteiger partial charge in [0.05, 0.1) is 16.3 Å². The van der Waals surface area contributed by atoms with Crippen LogP contribution in [0.4, 0.5) is 5.69 Å². The van der Waals surface area contributed by atoms with Gasteiger partial charge in [0.2, 0.25) is 0 Å². The van der Waals surface area contributed by atoms with E-state index in [0.29, 0.717) is 16.3 Å². The maximum absolute atomic E-state index is 11.6. The molecule has 2 aromatic rings. The van der Waals surface area contributed by atoms with Gasteiger partial charge in [-0.2, -0.15) is 0 Å². The van der Waals surface area contributed by atoms with Crippen molar-refractivity contribution >= 4 is 56.7 Å². The van der Waals surface area contributed by atoms with E-state index in [1.54, 1.807) is 6.07 Å². The van der Waals surface area contributed by atoms with E-state index in [-0.39, 0.29) is 0 Å². The van der Waals surface area contributed by atoms with Crippen molar-refractivity contribution in [2.45, 2.75) is 9.79 Å². The van der Waals surface area contributed by atoms with Crippen molar-refractivity contribution in [3.05, 3.63) is 51.5 Å². The molecule has 1 aliphatic heterocycles. The second-order valence-corrected chi connectivity index (χ2v) is 6.61. The van der Waals surface area contributed by atoms with E-state index in [9.17, 15) is 9.59 Å². The normalized spacial score (nSPS) is 13.3. The van der Waals surface area contributed by atoms with Crippen LogP contribution in [-0.2, 0) is 4.79 Å². The third kappa shape index (κ3) is 2.49. The Kier molecular flexibility index (Phi) is 3.58. The van der Waals surface area contributed by atoms with Crippen LogP contribution in [0.3, 0.4) is 0 Å². The van der Waals surface area contributed by atoms with E-state index >= 15 is 0 Å². The molecule has 6 heteroatoms. The maximum Gasteiger partial charge on any atom is 0.296 e. The molecule has 3 nitrogen and oxygen atoms in total. The fraction of sp³-hybridized carbons (Fsp3) is 0. The van der Waals surface area contributed by atoms with E-state index in [1.807, 2.05) is 24.3 Å². The molecule has 100 valence electrons. The predicted molar refractivity (Wildman–Crippen MR) is 82.7 cm³/mol. The molecule has 0 fully saturated rings. The van der Waals surface area contributed by atoms with Crippen LogP contribution in [0.2, 0.25) is 5.02 Å². The fourth-order valence-corrected chi connectivity index (χ4v) is 3.63. The highest BCUT2D eigenvalue weighted by Gasteiger charge is 2.29. The highest BCUT2D eigenvalue weighted by Crippen LogP contribution is 2.39. The number of halogens is 2. The summed E-state index contributed by atoms with van der Waals surface area (Å²) in [5.41, 5.74) is 0.848. The first-order chi connectivity index (χ1) is 9.54. The number of ketones is 1. The number of Topliss-reactive ketones (excluding diaryl/α,β-unsaturated/α-hetero) is 1. The molecule has 0 bridgehead atoms. The summed E-state index contributed by atoms with van der Waals surface area (Å²) >= 11 is 11.1. The molecule has 0 aromatic heterocycles. The molecule has 1 heterocycles. The summed E-state index contributed by atoms with van der Waals surface area (Å²) in [7, 11) is 0. The summed E-state index contributed by atoms with van der Waals surface area (Å²) < 4.78 is 0.975. The van der Waals surface area contributed by atoms with Crippen molar-refractivity contribution in [2.75, 3.05) is 5.32 Å². The van der Waals surface area contributed by atoms with Crippen molar-refractivity contribution in [2.24, 2.45) is 0 Å². The van der Waals surface area contributed by atoms with Crippen LogP contribution in [0.15, 0.2) is 50.7 Å². The molecule has 1 N–H and O–H groups in total. The van der Waals surface area contributed by atoms with E-state index in [0.717, 1.165) is 14.3 Å². The SMILES string of the molecule is O=C1Nc2cc(Sc3cccc(Br)c3)c(Cl)cc2C1=O. The van der Waals surface area contributed by atoms with Gasteiger partial charge in [-0.05, 0) is 30.3 Å². The fourth-order valence-electron chi connectivity index (χ4n) is 1.88. The smallest absolute Gasteiger partial charge is 0.296 e. The van der Waals surface area contributed by atoms with Crippen molar-refractivity contribution in [3.63, 3.8) is 0 Å². The number of nitrogens with one attached hydrogen (secondary N) is 1. The number of benzene rings is 2. The maximum atomic E-state index is 11.6. The van der Waals surface area contributed by atoms with Crippen LogP contribution in [0.1, 0.15) is 10.4 Å².